The minimum atomic E-state index is -1.000. The molecule has 1 aromatic heterocycles. The van der Waals surface area contributed by atoms with Crippen LogP contribution in [0.1, 0.15) is 17.3 Å². The molecule has 0 fully saturated rings. The molecule has 0 spiro atoms. The minimum Gasteiger partial charge on any atom is -0.495 e. The zero-order valence-electron chi connectivity index (χ0n) is 15.2. The number of esters is 1. The highest BCUT2D eigenvalue weighted by Crippen LogP contribution is 2.28. The summed E-state index contributed by atoms with van der Waals surface area (Å²) in [6.07, 6.45) is 0.692. The second-order valence-electron chi connectivity index (χ2n) is 6.05. The lowest BCUT2D eigenvalue weighted by molar-refractivity contribution is -0.123. The third-order valence-corrected chi connectivity index (χ3v) is 4.42. The molecule has 27 heavy (non-hydrogen) atoms. The first-order valence-corrected chi connectivity index (χ1v) is 8.68. The molecule has 1 amide bonds. The van der Waals surface area contributed by atoms with Gasteiger partial charge in [0.15, 0.2) is 6.10 Å². The summed E-state index contributed by atoms with van der Waals surface area (Å²) in [7, 11) is 3.34. The number of carbonyl (C=O) groups is 2. The van der Waals surface area contributed by atoms with E-state index in [9.17, 15) is 9.59 Å². The number of halogens is 1. The first kappa shape index (κ1) is 18.8. The highest BCUT2D eigenvalue weighted by atomic mass is 35.5. The number of fused-ring (bicyclic) bond motifs is 1. The Kier molecular flexibility index (Phi) is 5.37. The minimum absolute atomic E-state index is 0.406. The van der Waals surface area contributed by atoms with Gasteiger partial charge in [-0.1, -0.05) is 29.8 Å². The van der Waals surface area contributed by atoms with Gasteiger partial charge in [0.2, 0.25) is 0 Å². The maximum Gasteiger partial charge on any atom is 0.341 e. The molecule has 2 aromatic carbocycles. The van der Waals surface area contributed by atoms with E-state index >= 15 is 0 Å². The summed E-state index contributed by atoms with van der Waals surface area (Å²) < 4.78 is 12.4. The average molecular weight is 387 g/mol. The molecule has 1 N–H and O–H groups in total. The van der Waals surface area contributed by atoms with Crippen molar-refractivity contribution in [3.63, 3.8) is 0 Å². The van der Waals surface area contributed by atoms with E-state index in [1.54, 1.807) is 24.4 Å². The van der Waals surface area contributed by atoms with Crippen LogP contribution in [0.5, 0.6) is 5.75 Å². The van der Waals surface area contributed by atoms with Crippen LogP contribution in [0.3, 0.4) is 0 Å². The van der Waals surface area contributed by atoms with Gasteiger partial charge in [-0.15, -0.1) is 0 Å². The number of nitrogens with zero attached hydrogens (tertiary/aromatic N) is 1. The highest BCUT2D eigenvalue weighted by Gasteiger charge is 2.22. The van der Waals surface area contributed by atoms with Crippen molar-refractivity contribution < 1.29 is 19.1 Å². The molecule has 0 saturated heterocycles. The van der Waals surface area contributed by atoms with Crippen molar-refractivity contribution in [3.05, 3.63) is 59.2 Å². The second-order valence-corrected chi connectivity index (χ2v) is 6.49. The largest absolute Gasteiger partial charge is 0.495 e. The summed E-state index contributed by atoms with van der Waals surface area (Å²) >= 11 is 5.96. The maximum absolute atomic E-state index is 12.6. The van der Waals surface area contributed by atoms with Crippen LogP contribution >= 0.6 is 11.6 Å². The van der Waals surface area contributed by atoms with Gasteiger partial charge in [0.1, 0.15) is 5.75 Å². The quantitative estimate of drug-likeness (QED) is 0.672. The molecule has 0 aliphatic heterocycles. The van der Waals surface area contributed by atoms with E-state index in [0.717, 1.165) is 10.9 Å². The van der Waals surface area contributed by atoms with E-state index in [4.69, 9.17) is 21.1 Å². The molecule has 3 aromatic rings. The zero-order valence-corrected chi connectivity index (χ0v) is 15.9. The van der Waals surface area contributed by atoms with Gasteiger partial charge in [-0.3, -0.25) is 4.79 Å². The van der Waals surface area contributed by atoms with Gasteiger partial charge in [0, 0.05) is 29.2 Å². The number of anilines is 1. The number of hydrogen-bond acceptors (Lipinski definition) is 4. The average Bonchev–Trinajstić information content (AvgIpc) is 2.99. The van der Waals surface area contributed by atoms with Gasteiger partial charge in [-0.25, -0.2) is 4.79 Å². The van der Waals surface area contributed by atoms with Crippen LogP contribution < -0.4 is 10.1 Å². The van der Waals surface area contributed by atoms with Gasteiger partial charge < -0.3 is 19.4 Å². The molecule has 0 aliphatic carbocycles. The lowest BCUT2D eigenvalue weighted by Crippen LogP contribution is -2.30. The Morgan fingerprint density at radius 1 is 1.19 bits per heavy atom. The Labute approximate surface area is 161 Å². The fourth-order valence-electron chi connectivity index (χ4n) is 2.79. The summed E-state index contributed by atoms with van der Waals surface area (Å²) in [5.74, 6) is -0.586. The summed E-state index contributed by atoms with van der Waals surface area (Å²) in [5, 5.41) is 3.89. The van der Waals surface area contributed by atoms with Gasteiger partial charge in [-0.05, 0) is 31.2 Å². The molecule has 0 aliphatic rings. The van der Waals surface area contributed by atoms with Crippen LogP contribution in [0.2, 0.25) is 5.02 Å². The van der Waals surface area contributed by atoms with Crippen LogP contribution in [-0.4, -0.2) is 29.7 Å². The number of aryl methyl sites for hydroxylation is 1. The number of ether oxygens (including phenoxy) is 2. The van der Waals surface area contributed by atoms with E-state index in [-0.39, 0.29) is 0 Å². The number of rotatable bonds is 5. The van der Waals surface area contributed by atoms with E-state index in [1.807, 2.05) is 35.9 Å². The van der Waals surface area contributed by atoms with Crippen molar-refractivity contribution in [3.8, 4) is 5.75 Å². The highest BCUT2D eigenvalue weighted by molar-refractivity contribution is 6.31. The van der Waals surface area contributed by atoms with E-state index in [0.29, 0.717) is 22.0 Å². The Morgan fingerprint density at radius 3 is 2.67 bits per heavy atom. The van der Waals surface area contributed by atoms with Crippen molar-refractivity contribution in [2.24, 2.45) is 7.05 Å². The maximum atomic E-state index is 12.6. The SMILES string of the molecule is COc1ccc(Cl)cc1NC(=O)[C@H](C)OC(=O)c1cn(C)c2ccccc12. The molecule has 0 unspecified atom stereocenters. The Balaban J connectivity index is 1.74. The standard InChI is InChI=1S/C20H19ClN2O4/c1-12(19(24)22-16-10-13(21)8-9-18(16)26-3)27-20(25)15-11-23(2)17-7-5-4-6-14(15)17/h4-12H,1-3H3,(H,22,24)/t12-/m0/s1. The zero-order chi connectivity index (χ0) is 19.6. The number of benzene rings is 2. The topological polar surface area (TPSA) is 69.6 Å². The molecule has 1 atom stereocenters. The summed E-state index contributed by atoms with van der Waals surface area (Å²) in [5.41, 5.74) is 1.72. The van der Waals surface area contributed by atoms with Gasteiger partial charge in [-0.2, -0.15) is 0 Å². The fourth-order valence-corrected chi connectivity index (χ4v) is 2.97. The van der Waals surface area contributed by atoms with Crippen LogP contribution in [0, 0.1) is 0 Å². The first-order chi connectivity index (χ1) is 12.9. The number of hydrogen-bond donors (Lipinski definition) is 1. The van der Waals surface area contributed by atoms with Crippen LogP contribution in [-0.2, 0) is 16.6 Å². The number of carbonyl (C=O) groups excluding carboxylic acids is 2. The Bertz CT molecular complexity index is 1010. The van der Waals surface area contributed by atoms with Crippen LogP contribution in [0.4, 0.5) is 5.69 Å². The van der Waals surface area contributed by atoms with E-state index in [1.165, 1.54) is 14.0 Å². The summed E-state index contributed by atoms with van der Waals surface area (Å²) in [6, 6.07) is 12.4. The van der Waals surface area contributed by atoms with Crippen molar-refractivity contribution in [2.75, 3.05) is 12.4 Å². The molecule has 7 heteroatoms. The molecular formula is C20H19ClN2O4. The third kappa shape index (κ3) is 3.90. The van der Waals surface area contributed by atoms with Crippen molar-refractivity contribution >= 4 is 40.1 Å². The Hall–Kier alpha value is -2.99. The predicted molar refractivity (Wildman–Crippen MR) is 104 cm³/mol. The Morgan fingerprint density at radius 2 is 1.93 bits per heavy atom. The molecule has 0 saturated carbocycles. The summed E-state index contributed by atoms with van der Waals surface area (Å²) in [4.78, 5) is 25.0. The smallest absolute Gasteiger partial charge is 0.341 e. The van der Waals surface area contributed by atoms with Gasteiger partial charge in [0.05, 0.1) is 18.4 Å². The number of para-hydroxylation sites is 1. The van der Waals surface area contributed by atoms with Crippen LogP contribution in [0.25, 0.3) is 10.9 Å². The molecule has 0 radical (unpaired) electrons. The molecule has 3 rings (SSSR count). The van der Waals surface area contributed by atoms with Crippen molar-refractivity contribution in [2.45, 2.75) is 13.0 Å². The third-order valence-electron chi connectivity index (χ3n) is 4.19. The number of methoxy groups -OCH3 is 1. The first-order valence-electron chi connectivity index (χ1n) is 8.30. The predicted octanol–water partition coefficient (Wildman–Crippen LogP) is 4.02. The normalized spacial score (nSPS) is 11.9. The number of aromatic nitrogens is 1. The molecule has 140 valence electrons. The number of nitrogens with one attached hydrogen (secondary N) is 1. The van der Waals surface area contributed by atoms with E-state index in [2.05, 4.69) is 5.32 Å². The monoisotopic (exact) mass is 386 g/mol. The van der Waals surface area contributed by atoms with Crippen LogP contribution in [0.15, 0.2) is 48.7 Å². The van der Waals surface area contributed by atoms with E-state index < -0.39 is 18.0 Å². The molecule has 0 bridgehead atoms. The second kappa shape index (κ2) is 7.72. The number of amides is 1. The lowest BCUT2D eigenvalue weighted by Gasteiger charge is -2.15. The van der Waals surface area contributed by atoms with Gasteiger partial charge >= 0.3 is 5.97 Å². The summed E-state index contributed by atoms with van der Waals surface area (Å²) in [6.45, 7) is 1.51. The van der Waals surface area contributed by atoms with Crippen molar-refractivity contribution in [1.82, 2.24) is 4.57 Å². The van der Waals surface area contributed by atoms with Gasteiger partial charge in [0.25, 0.3) is 5.91 Å². The fraction of sp³-hybridized carbons (Fsp3) is 0.200. The molecule has 1 heterocycles. The van der Waals surface area contributed by atoms with Crippen molar-refractivity contribution in [1.29, 1.82) is 0 Å². The molecule has 6 nitrogen and oxygen atoms in total. The molecular weight excluding hydrogens is 368 g/mol. The lowest BCUT2D eigenvalue weighted by atomic mass is 10.2.